The Labute approximate surface area is 165 Å². The predicted molar refractivity (Wildman–Crippen MR) is 111 cm³/mol. The third-order valence-corrected chi connectivity index (χ3v) is 4.66. The monoisotopic (exact) mass is 388 g/mol. The highest BCUT2D eigenvalue weighted by atomic mass is 32.1. The lowest BCUT2D eigenvalue weighted by atomic mass is 10.1. The maximum Gasteiger partial charge on any atom is 0.336 e. The van der Waals surface area contributed by atoms with E-state index in [0.717, 1.165) is 10.9 Å². The molecule has 0 atom stereocenters. The van der Waals surface area contributed by atoms with Gasteiger partial charge in [-0.3, -0.25) is 5.10 Å². The fourth-order valence-electron chi connectivity index (χ4n) is 3.01. The Kier molecular flexibility index (Phi) is 4.82. The molecule has 28 heavy (non-hydrogen) atoms. The number of H-pyrrole nitrogens is 1. The molecule has 0 amide bonds. The Bertz CT molecular complexity index is 1260. The van der Waals surface area contributed by atoms with E-state index < -0.39 is 5.97 Å². The van der Waals surface area contributed by atoms with Crippen LogP contribution in [0.15, 0.2) is 71.8 Å². The van der Waals surface area contributed by atoms with Crippen molar-refractivity contribution in [2.45, 2.75) is 6.42 Å². The van der Waals surface area contributed by atoms with E-state index in [2.05, 4.69) is 39.6 Å². The minimum atomic E-state index is -1.01. The first kappa shape index (κ1) is 17.8. The second-order valence-corrected chi connectivity index (χ2v) is 6.64. The standard InChI is InChI=1S/C21H16N4O2S/c26-20(27)18-8-4-3-7-17(18)13-22-25-19(23-24-21(25)28)12-14-9-10-15-5-1-2-6-16(15)11-14/h1-11,13H,12H2,(H,24,28)(H,26,27)/b22-13+. The van der Waals surface area contributed by atoms with Gasteiger partial charge in [0.05, 0.1) is 11.8 Å². The Balaban J connectivity index is 1.66. The van der Waals surface area contributed by atoms with Gasteiger partial charge in [0.2, 0.25) is 4.77 Å². The van der Waals surface area contributed by atoms with Crippen LogP contribution in [0.2, 0.25) is 0 Å². The number of hydrogen-bond acceptors (Lipinski definition) is 4. The summed E-state index contributed by atoms with van der Waals surface area (Å²) in [6.07, 6.45) is 2.02. The zero-order valence-electron chi connectivity index (χ0n) is 14.7. The average molecular weight is 388 g/mol. The van der Waals surface area contributed by atoms with Crippen LogP contribution < -0.4 is 0 Å². The Morgan fingerprint density at radius 2 is 1.86 bits per heavy atom. The third kappa shape index (κ3) is 3.60. The number of carboxylic acid groups (broad SMARTS) is 1. The number of nitrogens with zero attached hydrogens (tertiary/aromatic N) is 3. The van der Waals surface area contributed by atoms with Gasteiger partial charge in [0.15, 0.2) is 5.82 Å². The molecule has 1 aromatic heterocycles. The molecule has 0 aliphatic heterocycles. The van der Waals surface area contributed by atoms with Crippen LogP contribution in [-0.4, -0.2) is 32.2 Å². The molecule has 0 radical (unpaired) electrons. The van der Waals surface area contributed by atoms with Crippen LogP contribution >= 0.6 is 12.2 Å². The van der Waals surface area contributed by atoms with Crippen molar-refractivity contribution in [2.24, 2.45) is 5.10 Å². The highest BCUT2D eigenvalue weighted by Gasteiger charge is 2.09. The van der Waals surface area contributed by atoms with E-state index in [1.807, 2.05) is 18.2 Å². The van der Waals surface area contributed by atoms with Crippen molar-refractivity contribution in [1.29, 1.82) is 0 Å². The van der Waals surface area contributed by atoms with Crippen molar-refractivity contribution < 1.29 is 9.90 Å². The SMILES string of the molecule is O=C(O)c1ccccc1/C=N/n1c(Cc2ccc3ccccc3c2)n[nH]c1=S. The summed E-state index contributed by atoms with van der Waals surface area (Å²) in [5, 5.41) is 23.0. The van der Waals surface area contributed by atoms with Crippen LogP contribution in [0.1, 0.15) is 27.3 Å². The lowest BCUT2D eigenvalue weighted by Crippen LogP contribution is -2.04. The van der Waals surface area contributed by atoms with E-state index in [4.69, 9.17) is 12.2 Å². The Hall–Kier alpha value is -3.58. The second kappa shape index (κ2) is 7.58. The summed E-state index contributed by atoms with van der Waals surface area (Å²) < 4.78 is 1.86. The van der Waals surface area contributed by atoms with Crippen molar-refractivity contribution in [3.8, 4) is 0 Å². The molecule has 0 saturated carbocycles. The largest absolute Gasteiger partial charge is 0.478 e. The minimum Gasteiger partial charge on any atom is -0.478 e. The van der Waals surface area contributed by atoms with Gasteiger partial charge < -0.3 is 5.11 Å². The highest BCUT2D eigenvalue weighted by molar-refractivity contribution is 7.71. The lowest BCUT2D eigenvalue weighted by molar-refractivity contribution is 0.0697. The summed E-state index contributed by atoms with van der Waals surface area (Å²) in [7, 11) is 0. The van der Waals surface area contributed by atoms with E-state index >= 15 is 0 Å². The zero-order chi connectivity index (χ0) is 19.5. The maximum atomic E-state index is 11.4. The van der Waals surface area contributed by atoms with Crippen LogP contribution in [0, 0.1) is 4.77 Å². The number of fused-ring (bicyclic) bond motifs is 1. The molecule has 7 heteroatoms. The number of carbonyl (C=O) groups is 1. The van der Waals surface area contributed by atoms with Crippen molar-refractivity contribution >= 4 is 35.2 Å². The molecule has 0 unspecified atom stereocenters. The van der Waals surface area contributed by atoms with E-state index in [0.29, 0.717) is 22.6 Å². The van der Waals surface area contributed by atoms with Gasteiger partial charge in [-0.15, -0.1) is 0 Å². The van der Waals surface area contributed by atoms with Gasteiger partial charge >= 0.3 is 5.97 Å². The molecule has 0 bridgehead atoms. The first-order valence-electron chi connectivity index (χ1n) is 8.62. The summed E-state index contributed by atoms with van der Waals surface area (Å²) in [6.45, 7) is 0. The summed E-state index contributed by atoms with van der Waals surface area (Å²) in [6, 6.07) is 21.1. The number of hydrogen-bond donors (Lipinski definition) is 2. The van der Waals surface area contributed by atoms with Crippen LogP contribution in [0.3, 0.4) is 0 Å². The smallest absolute Gasteiger partial charge is 0.336 e. The van der Waals surface area contributed by atoms with E-state index in [9.17, 15) is 9.90 Å². The summed E-state index contributed by atoms with van der Waals surface area (Å²) in [4.78, 5) is 11.4. The highest BCUT2D eigenvalue weighted by Crippen LogP contribution is 2.18. The van der Waals surface area contributed by atoms with E-state index in [-0.39, 0.29) is 5.56 Å². The summed E-state index contributed by atoms with van der Waals surface area (Å²) in [5.41, 5.74) is 1.75. The Morgan fingerprint density at radius 1 is 1.11 bits per heavy atom. The van der Waals surface area contributed by atoms with Crippen molar-refractivity contribution in [2.75, 3.05) is 0 Å². The Morgan fingerprint density at radius 3 is 2.68 bits per heavy atom. The molecule has 1 heterocycles. The molecule has 6 nitrogen and oxygen atoms in total. The minimum absolute atomic E-state index is 0.178. The molecular weight excluding hydrogens is 372 g/mol. The quantitative estimate of drug-likeness (QED) is 0.395. The third-order valence-electron chi connectivity index (χ3n) is 4.40. The van der Waals surface area contributed by atoms with Gasteiger partial charge in [-0.1, -0.05) is 60.7 Å². The summed E-state index contributed by atoms with van der Waals surface area (Å²) >= 11 is 5.28. The number of rotatable bonds is 5. The molecule has 0 aliphatic carbocycles. The number of benzene rings is 3. The molecular formula is C21H16N4O2S. The van der Waals surface area contributed by atoms with Crippen LogP contribution in [0.25, 0.3) is 10.8 Å². The van der Waals surface area contributed by atoms with Crippen LogP contribution in [-0.2, 0) is 6.42 Å². The molecule has 4 rings (SSSR count). The summed E-state index contributed by atoms with van der Waals surface area (Å²) in [5.74, 6) is -0.362. The molecule has 4 aromatic rings. The zero-order valence-corrected chi connectivity index (χ0v) is 15.6. The van der Waals surface area contributed by atoms with Gasteiger partial charge in [0.25, 0.3) is 0 Å². The number of aromatic carboxylic acids is 1. The number of carboxylic acids is 1. The van der Waals surface area contributed by atoms with E-state index in [1.165, 1.54) is 22.3 Å². The molecule has 0 saturated heterocycles. The molecule has 0 fully saturated rings. The molecule has 0 spiro atoms. The van der Waals surface area contributed by atoms with Crippen LogP contribution in [0.4, 0.5) is 0 Å². The first-order valence-corrected chi connectivity index (χ1v) is 9.03. The number of aromatic nitrogens is 3. The lowest BCUT2D eigenvalue weighted by Gasteiger charge is -2.04. The van der Waals surface area contributed by atoms with Crippen LogP contribution in [0.5, 0.6) is 0 Å². The second-order valence-electron chi connectivity index (χ2n) is 6.25. The molecule has 0 aliphatic rings. The van der Waals surface area contributed by atoms with E-state index in [1.54, 1.807) is 18.2 Å². The van der Waals surface area contributed by atoms with Crippen molar-refractivity contribution in [3.05, 3.63) is 94.0 Å². The molecule has 3 aromatic carbocycles. The predicted octanol–water partition coefficient (Wildman–Crippen LogP) is 4.27. The van der Waals surface area contributed by atoms with Crippen molar-refractivity contribution in [3.63, 3.8) is 0 Å². The van der Waals surface area contributed by atoms with Gasteiger partial charge in [-0.05, 0) is 34.6 Å². The fraction of sp³-hybridized carbons (Fsp3) is 0.0476. The molecule has 138 valence electrons. The fourth-order valence-corrected chi connectivity index (χ4v) is 3.21. The normalized spacial score (nSPS) is 11.3. The van der Waals surface area contributed by atoms with Gasteiger partial charge in [0, 0.05) is 12.0 Å². The van der Waals surface area contributed by atoms with Gasteiger partial charge in [0.1, 0.15) is 0 Å². The molecule has 2 N–H and O–H groups in total. The maximum absolute atomic E-state index is 11.4. The van der Waals surface area contributed by atoms with Crippen molar-refractivity contribution in [1.82, 2.24) is 14.9 Å². The van der Waals surface area contributed by atoms with Gasteiger partial charge in [-0.25, -0.2) is 4.79 Å². The number of aromatic amines is 1. The number of nitrogens with one attached hydrogen (secondary N) is 1. The average Bonchev–Trinajstić information content (AvgIpc) is 3.05. The van der Waals surface area contributed by atoms with Gasteiger partial charge in [-0.2, -0.15) is 14.9 Å². The topological polar surface area (TPSA) is 83.3 Å². The first-order chi connectivity index (χ1) is 13.6.